The maximum absolute atomic E-state index is 13.2. The SMILES string of the molecule is COc1ccc(-c2oc3ccccc3c(=O)c2OC(=O)c2ccccc2)cc1OC. The van der Waals surface area contributed by atoms with Gasteiger partial charge in [0.15, 0.2) is 17.3 Å². The average molecular weight is 402 g/mol. The van der Waals surface area contributed by atoms with Gasteiger partial charge in [-0.25, -0.2) is 4.79 Å². The molecule has 0 atom stereocenters. The predicted octanol–water partition coefficient (Wildman–Crippen LogP) is 4.70. The minimum atomic E-state index is -0.653. The van der Waals surface area contributed by atoms with Crippen LogP contribution in [0.4, 0.5) is 0 Å². The number of fused-ring (bicyclic) bond motifs is 1. The highest BCUT2D eigenvalue weighted by Crippen LogP contribution is 2.36. The van der Waals surface area contributed by atoms with Gasteiger partial charge in [0.25, 0.3) is 0 Å². The molecular weight excluding hydrogens is 384 g/mol. The third-order valence-corrected chi connectivity index (χ3v) is 4.61. The number of carbonyl (C=O) groups is 1. The molecule has 4 aromatic rings. The molecule has 0 aliphatic carbocycles. The van der Waals surface area contributed by atoms with Gasteiger partial charge in [-0.15, -0.1) is 0 Å². The van der Waals surface area contributed by atoms with Crippen molar-refractivity contribution in [3.8, 4) is 28.6 Å². The zero-order valence-corrected chi connectivity index (χ0v) is 16.4. The van der Waals surface area contributed by atoms with Crippen molar-refractivity contribution in [2.75, 3.05) is 14.2 Å². The largest absolute Gasteiger partial charge is 0.493 e. The van der Waals surface area contributed by atoms with E-state index in [9.17, 15) is 9.59 Å². The van der Waals surface area contributed by atoms with Gasteiger partial charge in [0.05, 0.1) is 25.2 Å². The van der Waals surface area contributed by atoms with Gasteiger partial charge in [0.2, 0.25) is 11.2 Å². The van der Waals surface area contributed by atoms with E-state index in [-0.39, 0.29) is 11.5 Å². The molecule has 0 fully saturated rings. The fourth-order valence-electron chi connectivity index (χ4n) is 3.11. The highest BCUT2D eigenvalue weighted by molar-refractivity contribution is 5.93. The van der Waals surface area contributed by atoms with Crippen molar-refractivity contribution in [3.05, 3.63) is 88.6 Å². The van der Waals surface area contributed by atoms with Gasteiger partial charge in [0.1, 0.15) is 5.58 Å². The van der Waals surface area contributed by atoms with Crippen LogP contribution in [-0.2, 0) is 0 Å². The highest BCUT2D eigenvalue weighted by atomic mass is 16.5. The summed E-state index contributed by atoms with van der Waals surface area (Å²) in [5.41, 5.74) is 0.771. The molecule has 0 saturated carbocycles. The molecule has 0 unspecified atom stereocenters. The molecule has 1 aromatic heterocycles. The quantitative estimate of drug-likeness (QED) is 0.451. The smallest absolute Gasteiger partial charge is 0.343 e. The van der Waals surface area contributed by atoms with Gasteiger partial charge < -0.3 is 18.6 Å². The minimum absolute atomic E-state index is 0.129. The fourth-order valence-corrected chi connectivity index (χ4v) is 3.11. The third-order valence-electron chi connectivity index (χ3n) is 4.61. The van der Waals surface area contributed by atoms with E-state index in [2.05, 4.69) is 0 Å². The molecule has 0 radical (unpaired) electrons. The number of rotatable bonds is 5. The summed E-state index contributed by atoms with van der Waals surface area (Å²) in [6.45, 7) is 0. The number of hydrogen-bond donors (Lipinski definition) is 0. The maximum atomic E-state index is 13.2. The van der Waals surface area contributed by atoms with Crippen LogP contribution in [0.25, 0.3) is 22.3 Å². The van der Waals surface area contributed by atoms with Crippen LogP contribution in [0.5, 0.6) is 17.2 Å². The van der Waals surface area contributed by atoms with E-state index in [4.69, 9.17) is 18.6 Å². The number of ether oxygens (including phenoxy) is 3. The Morgan fingerprint density at radius 2 is 1.53 bits per heavy atom. The molecule has 6 heteroatoms. The molecule has 30 heavy (non-hydrogen) atoms. The monoisotopic (exact) mass is 402 g/mol. The number of esters is 1. The summed E-state index contributed by atoms with van der Waals surface area (Å²) < 4.78 is 22.2. The highest BCUT2D eigenvalue weighted by Gasteiger charge is 2.22. The Bertz CT molecular complexity index is 1270. The molecule has 3 aromatic carbocycles. The Labute approximate surface area is 172 Å². The first-order valence-corrected chi connectivity index (χ1v) is 9.18. The van der Waals surface area contributed by atoms with Gasteiger partial charge in [-0.2, -0.15) is 0 Å². The molecule has 0 saturated heterocycles. The average Bonchev–Trinajstić information content (AvgIpc) is 2.80. The Balaban J connectivity index is 1.91. The molecule has 6 nitrogen and oxygen atoms in total. The maximum Gasteiger partial charge on any atom is 0.343 e. The molecule has 0 aliphatic rings. The van der Waals surface area contributed by atoms with E-state index < -0.39 is 11.4 Å². The molecule has 1 heterocycles. The van der Waals surface area contributed by atoms with Gasteiger partial charge in [-0.1, -0.05) is 30.3 Å². The number of para-hydroxylation sites is 1. The number of benzene rings is 3. The Morgan fingerprint density at radius 3 is 2.27 bits per heavy atom. The lowest BCUT2D eigenvalue weighted by atomic mass is 10.1. The first-order valence-electron chi connectivity index (χ1n) is 9.18. The van der Waals surface area contributed by atoms with Crippen LogP contribution in [0.15, 0.2) is 82.0 Å². The standard InChI is InChI=1S/C24H18O6/c1-27-19-13-12-16(14-20(19)28-2)22-23(30-24(26)15-8-4-3-5-9-15)21(25)17-10-6-7-11-18(17)29-22/h3-14H,1-2H3. The molecule has 0 bridgehead atoms. The van der Waals surface area contributed by atoms with Crippen molar-refractivity contribution in [1.29, 1.82) is 0 Å². The van der Waals surface area contributed by atoms with Gasteiger partial charge >= 0.3 is 5.97 Å². The van der Waals surface area contributed by atoms with Crippen LogP contribution in [-0.4, -0.2) is 20.2 Å². The lowest BCUT2D eigenvalue weighted by molar-refractivity contribution is 0.0731. The topological polar surface area (TPSA) is 75.0 Å². The van der Waals surface area contributed by atoms with Crippen molar-refractivity contribution in [3.63, 3.8) is 0 Å². The van der Waals surface area contributed by atoms with Crippen LogP contribution in [0.2, 0.25) is 0 Å². The second kappa shape index (κ2) is 8.13. The zero-order valence-electron chi connectivity index (χ0n) is 16.4. The summed E-state index contributed by atoms with van der Waals surface area (Å²) in [6, 6.07) is 20.3. The van der Waals surface area contributed by atoms with Crippen molar-refractivity contribution in [2.45, 2.75) is 0 Å². The number of methoxy groups -OCH3 is 2. The summed E-state index contributed by atoms with van der Waals surface area (Å²) in [5, 5.41) is 0.317. The van der Waals surface area contributed by atoms with Crippen molar-refractivity contribution < 1.29 is 23.4 Å². The third kappa shape index (κ3) is 3.51. The Kier molecular flexibility index (Phi) is 5.22. The summed E-state index contributed by atoms with van der Waals surface area (Å²) >= 11 is 0. The van der Waals surface area contributed by atoms with Gasteiger partial charge in [-0.3, -0.25) is 4.79 Å². The summed E-state index contributed by atoms with van der Waals surface area (Å²) in [5.74, 6) is 0.261. The zero-order chi connectivity index (χ0) is 21.1. The van der Waals surface area contributed by atoms with E-state index in [1.807, 2.05) is 0 Å². The minimum Gasteiger partial charge on any atom is -0.493 e. The van der Waals surface area contributed by atoms with Gasteiger partial charge in [0, 0.05) is 5.56 Å². The summed E-state index contributed by atoms with van der Waals surface area (Å²) in [4.78, 5) is 25.8. The van der Waals surface area contributed by atoms with Crippen LogP contribution >= 0.6 is 0 Å². The first kappa shape index (κ1) is 19.3. The van der Waals surface area contributed by atoms with E-state index in [0.717, 1.165) is 0 Å². The van der Waals surface area contributed by atoms with E-state index in [1.165, 1.54) is 14.2 Å². The van der Waals surface area contributed by atoms with Crippen LogP contribution in [0, 0.1) is 0 Å². The second-order valence-electron chi connectivity index (χ2n) is 6.41. The molecule has 0 aliphatic heterocycles. The number of carbonyl (C=O) groups excluding carboxylic acids is 1. The van der Waals surface area contributed by atoms with Gasteiger partial charge in [-0.05, 0) is 42.5 Å². The van der Waals surface area contributed by atoms with Crippen LogP contribution in [0.1, 0.15) is 10.4 Å². The Morgan fingerprint density at radius 1 is 0.833 bits per heavy atom. The van der Waals surface area contributed by atoms with Crippen molar-refractivity contribution in [2.24, 2.45) is 0 Å². The Hall–Kier alpha value is -4.06. The summed E-state index contributed by atoms with van der Waals surface area (Å²) in [6.07, 6.45) is 0. The molecule has 4 rings (SSSR count). The molecule has 0 spiro atoms. The lowest BCUT2D eigenvalue weighted by Crippen LogP contribution is -2.16. The van der Waals surface area contributed by atoms with E-state index >= 15 is 0 Å². The van der Waals surface area contributed by atoms with Crippen molar-refractivity contribution >= 4 is 16.9 Å². The van der Waals surface area contributed by atoms with E-state index in [1.54, 1.807) is 72.8 Å². The second-order valence-corrected chi connectivity index (χ2v) is 6.41. The first-order chi connectivity index (χ1) is 14.6. The van der Waals surface area contributed by atoms with Crippen LogP contribution < -0.4 is 19.6 Å². The molecule has 0 N–H and O–H groups in total. The predicted molar refractivity (Wildman–Crippen MR) is 112 cm³/mol. The van der Waals surface area contributed by atoms with Crippen LogP contribution in [0.3, 0.4) is 0 Å². The molecular formula is C24H18O6. The fraction of sp³-hybridized carbons (Fsp3) is 0.0833. The summed E-state index contributed by atoms with van der Waals surface area (Å²) in [7, 11) is 3.04. The normalized spacial score (nSPS) is 10.6. The molecule has 0 amide bonds. The molecule has 150 valence electrons. The van der Waals surface area contributed by atoms with E-state index in [0.29, 0.717) is 33.6 Å². The van der Waals surface area contributed by atoms with Crippen molar-refractivity contribution in [1.82, 2.24) is 0 Å². The lowest BCUT2D eigenvalue weighted by Gasteiger charge is -2.13. The number of hydrogen-bond acceptors (Lipinski definition) is 6.